The monoisotopic (exact) mass is 440 g/mol. The maximum Gasteiger partial charge on any atom is 0.242 e. The Bertz CT molecular complexity index is 884. The molecule has 29 heavy (non-hydrogen) atoms. The summed E-state index contributed by atoms with van der Waals surface area (Å²) in [6, 6.07) is 13.2. The van der Waals surface area contributed by atoms with Crippen molar-refractivity contribution in [1.29, 1.82) is 0 Å². The number of hydrogen-bond acceptors (Lipinski definition) is 5. The third-order valence-corrected chi connectivity index (χ3v) is 6.01. The van der Waals surface area contributed by atoms with Crippen molar-refractivity contribution >= 4 is 27.5 Å². The van der Waals surface area contributed by atoms with Gasteiger partial charge in [0.2, 0.25) is 15.9 Å². The molecule has 2 aromatic rings. The van der Waals surface area contributed by atoms with Crippen LogP contribution in [0.1, 0.15) is 12.8 Å². The largest absolute Gasteiger partial charge is 0.494 e. The fourth-order valence-corrected chi connectivity index (χ4v) is 3.35. The van der Waals surface area contributed by atoms with Crippen LogP contribution in [0.25, 0.3) is 0 Å². The molecule has 9 heteroatoms. The fourth-order valence-electron chi connectivity index (χ4n) is 2.32. The highest BCUT2D eigenvalue weighted by molar-refractivity contribution is 7.89. The summed E-state index contributed by atoms with van der Waals surface area (Å²) in [5.41, 5.74) is 0. The van der Waals surface area contributed by atoms with E-state index in [4.69, 9.17) is 21.1 Å². The molecule has 2 rings (SSSR count). The van der Waals surface area contributed by atoms with E-state index in [1.165, 1.54) is 26.2 Å². The van der Waals surface area contributed by atoms with Gasteiger partial charge in [0.05, 0.1) is 18.0 Å². The Morgan fingerprint density at radius 1 is 0.966 bits per heavy atom. The summed E-state index contributed by atoms with van der Waals surface area (Å²) in [7, 11) is -0.499. The Hall–Kier alpha value is -2.29. The van der Waals surface area contributed by atoms with Crippen LogP contribution in [0, 0.1) is 0 Å². The highest BCUT2D eigenvalue weighted by atomic mass is 35.5. The van der Waals surface area contributed by atoms with Crippen LogP contribution >= 0.6 is 11.6 Å². The van der Waals surface area contributed by atoms with Crippen molar-refractivity contribution in [2.75, 3.05) is 33.9 Å². The van der Waals surface area contributed by atoms with Crippen molar-refractivity contribution in [3.63, 3.8) is 0 Å². The topological polar surface area (TPSA) is 84.9 Å². The van der Waals surface area contributed by atoms with Crippen molar-refractivity contribution in [1.82, 2.24) is 9.62 Å². The van der Waals surface area contributed by atoms with Crippen LogP contribution in [0.4, 0.5) is 0 Å². The van der Waals surface area contributed by atoms with E-state index in [0.29, 0.717) is 42.5 Å². The summed E-state index contributed by atoms with van der Waals surface area (Å²) in [6.07, 6.45) is 0.946. The van der Waals surface area contributed by atoms with Crippen LogP contribution in [-0.4, -0.2) is 52.5 Å². The summed E-state index contributed by atoms with van der Waals surface area (Å²) in [5.74, 6) is 1.17. The molecule has 0 unspecified atom stereocenters. The SMILES string of the molecule is CN(C)S(=O)(=O)c1ccc(OCCNC(=O)CCCOc2ccc(Cl)cc2)cc1. The number of carbonyl (C=O) groups is 1. The number of nitrogens with one attached hydrogen (secondary N) is 1. The predicted octanol–water partition coefficient (Wildman–Crippen LogP) is 2.94. The van der Waals surface area contributed by atoms with Gasteiger partial charge in [-0.25, -0.2) is 12.7 Å². The van der Waals surface area contributed by atoms with Crippen LogP contribution in [-0.2, 0) is 14.8 Å². The van der Waals surface area contributed by atoms with Crippen molar-refractivity contribution < 1.29 is 22.7 Å². The Morgan fingerprint density at radius 2 is 1.52 bits per heavy atom. The minimum Gasteiger partial charge on any atom is -0.494 e. The summed E-state index contributed by atoms with van der Waals surface area (Å²) in [6.45, 7) is 1.08. The molecule has 0 aliphatic rings. The molecule has 7 nitrogen and oxygen atoms in total. The summed E-state index contributed by atoms with van der Waals surface area (Å²) in [4.78, 5) is 12.0. The van der Waals surface area contributed by atoms with E-state index in [2.05, 4.69) is 5.32 Å². The lowest BCUT2D eigenvalue weighted by Crippen LogP contribution is -2.28. The maximum atomic E-state index is 12.0. The van der Waals surface area contributed by atoms with Crippen LogP contribution in [0.15, 0.2) is 53.4 Å². The van der Waals surface area contributed by atoms with Crippen molar-refractivity contribution in [2.45, 2.75) is 17.7 Å². The number of hydrogen-bond donors (Lipinski definition) is 1. The zero-order chi connectivity index (χ0) is 21.3. The summed E-state index contributed by atoms with van der Waals surface area (Å²) >= 11 is 5.81. The molecule has 1 N–H and O–H groups in total. The maximum absolute atomic E-state index is 12.0. The van der Waals surface area contributed by atoms with Gasteiger partial charge in [0, 0.05) is 25.5 Å². The van der Waals surface area contributed by atoms with Crippen LogP contribution in [0.5, 0.6) is 11.5 Å². The van der Waals surface area contributed by atoms with E-state index in [0.717, 1.165) is 4.31 Å². The molecule has 2 aromatic carbocycles. The number of nitrogens with zero attached hydrogens (tertiary/aromatic N) is 1. The molecule has 0 bridgehead atoms. The van der Waals surface area contributed by atoms with E-state index >= 15 is 0 Å². The standard InChI is InChI=1S/C20H25ClN2O5S/c1-23(2)29(25,26)19-11-9-18(10-12-19)28-15-13-22-20(24)4-3-14-27-17-7-5-16(21)6-8-17/h5-12H,3-4,13-15H2,1-2H3,(H,22,24). The first-order valence-electron chi connectivity index (χ1n) is 9.09. The number of amides is 1. The van der Waals surface area contributed by atoms with Crippen LogP contribution < -0.4 is 14.8 Å². The van der Waals surface area contributed by atoms with Crippen molar-refractivity contribution in [3.05, 3.63) is 53.6 Å². The van der Waals surface area contributed by atoms with E-state index < -0.39 is 10.0 Å². The van der Waals surface area contributed by atoms with Gasteiger partial charge in [-0.3, -0.25) is 4.79 Å². The zero-order valence-corrected chi connectivity index (χ0v) is 18.0. The van der Waals surface area contributed by atoms with Gasteiger partial charge < -0.3 is 14.8 Å². The van der Waals surface area contributed by atoms with Gasteiger partial charge >= 0.3 is 0 Å². The smallest absolute Gasteiger partial charge is 0.242 e. The van der Waals surface area contributed by atoms with Gasteiger partial charge in [-0.05, 0) is 55.0 Å². The van der Waals surface area contributed by atoms with Crippen LogP contribution in [0.3, 0.4) is 0 Å². The van der Waals surface area contributed by atoms with E-state index in [1.807, 2.05) is 0 Å². The first-order valence-corrected chi connectivity index (χ1v) is 10.9. The molecule has 1 amide bonds. The predicted molar refractivity (Wildman–Crippen MR) is 112 cm³/mol. The quantitative estimate of drug-likeness (QED) is 0.543. The van der Waals surface area contributed by atoms with Crippen molar-refractivity contribution in [3.8, 4) is 11.5 Å². The minimum absolute atomic E-state index is 0.0827. The molecule has 0 saturated carbocycles. The Balaban J connectivity index is 1.61. The average Bonchev–Trinajstić information content (AvgIpc) is 2.70. The molecule has 158 valence electrons. The highest BCUT2D eigenvalue weighted by Crippen LogP contribution is 2.18. The number of benzene rings is 2. The van der Waals surface area contributed by atoms with Gasteiger partial charge in [-0.15, -0.1) is 0 Å². The number of carbonyl (C=O) groups excluding carboxylic acids is 1. The number of halogens is 1. The molecule has 0 atom stereocenters. The van der Waals surface area contributed by atoms with E-state index in [1.54, 1.807) is 36.4 Å². The van der Waals surface area contributed by atoms with E-state index in [9.17, 15) is 13.2 Å². The molecular formula is C20H25ClN2O5S. The highest BCUT2D eigenvalue weighted by Gasteiger charge is 2.16. The molecule has 0 aliphatic carbocycles. The van der Waals surface area contributed by atoms with Gasteiger partial charge in [-0.1, -0.05) is 11.6 Å². The lowest BCUT2D eigenvalue weighted by Gasteiger charge is -2.12. The number of sulfonamides is 1. The van der Waals surface area contributed by atoms with E-state index in [-0.39, 0.29) is 17.4 Å². The van der Waals surface area contributed by atoms with Gasteiger partial charge in [0.1, 0.15) is 18.1 Å². The van der Waals surface area contributed by atoms with Gasteiger partial charge in [-0.2, -0.15) is 0 Å². The Kier molecular flexibility index (Phi) is 8.75. The first kappa shape index (κ1) is 23.0. The lowest BCUT2D eigenvalue weighted by atomic mass is 10.3. The number of rotatable bonds is 11. The Morgan fingerprint density at radius 3 is 2.10 bits per heavy atom. The van der Waals surface area contributed by atoms with Crippen LogP contribution in [0.2, 0.25) is 5.02 Å². The third kappa shape index (κ3) is 7.56. The molecule has 0 aromatic heterocycles. The molecule has 0 radical (unpaired) electrons. The molecule has 0 heterocycles. The first-order chi connectivity index (χ1) is 13.8. The lowest BCUT2D eigenvalue weighted by molar-refractivity contribution is -0.121. The second-order valence-corrected chi connectivity index (χ2v) is 8.95. The minimum atomic E-state index is -3.46. The second-order valence-electron chi connectivity index (χ2n) is 6.36. The third-order valence-electron chi connectivity index (χ3n) is 3.93. The molecular weight excluding hydrogens is 416 g/mol. The van der Waals surface area contributed by atoms with Gasteiger partial charge in [0.15, 0.2) is 0 Å². The molecule has 0 aliphatic heterocycles. The summed E-state index contributed by atoms with van der Waals surface area (Å²) in [5, 5.41) is 3.42. The van der Waals surface area contributed by atoms with Crippen molar-refractivity contribution in [2.24, 2.45) is 0 Å². The zero-order valence-electron chi connectivity index (χ0n) is 16.4. The summed E-state index contributed by atoms with van der Waals surface area (Å²) < 4.78 is 36.2. The second kappa shape index (κ2) is 11.0. The normalized spacial score (nSPS) is 11.3. The fraction of sp³-hybridized carbons (Fsp3) is 0.350. The molecule has 0 spiro atoms. The number of ether oxygens (including phenoxy) is 2. The Labute approximate surface area is 176 Å². The molecule has 0 fully saturated rings. The molecule has 0 saturated heterocycles. The average molecular weight is 441 g/mol. The van der Waals surface area contributed by atoms with Gasteiger partial charge in [0.25, 0.3) is 0 Å².